The van der Waals surface area contributed by atoms with Gasteiger partial charge in [0, 0.05) is 10.9 Å². The van der Waals surface area contributed by atoms with Gasteiger partial charge in [-0.25, -0.2) is 4.98 Å². The molecule has 1 N–H and O–H groups in total. The van der Waals surface area contributed by atoms with Crippen molar-refractivity contribution in [2.24, 2.45) is 0 Å². The Hall–Kier alpha value is -1.13. The molecule has 0 bridgehead atoms. The van der Waals surface area contributed by atoms with Gasteiger partial charge in [-0.05, 0) is 39.3 Å². The van der Waals surface area contributed by atoms with Crippen molar-refractivity contribution in [1.29, 1.82) is 0 Å². The SMILES string of the molecule is Cc1cc(-c2csc(C3CCCCN3)n2)c(C)o1. The molecule has 1 unspecified atom stereocenters. The monoisotopic (exact) mass is 262 g/mol. The molecule has 0 spiro atoms. The van der Waals surface area contributed by atoms with Crippen molar-refractivity contribution >= 4 is 11.3 Å². The lowest BCUT2D eigenvalue weighted by molar-refractivity contribution is 0.411. The molecule has 2 aromatic heterocycles. The number of nitrogens with zero attached hydrogens (tertiary/aromatic N) is 1. The predicted octanol–water partition coefficient (Wildman–Crippen LogP) is 3.83. The molecule has 0 radical (unpaired) electrons. The lowest BCUT2D eigenvalue weighted by atomic mass is 10.1. The van der Waals surface area contributed by atoms with Crippen LogP contribution in [0.5, 0.6) is 0 Å². The van der Waals surface area contributed by atoms with Crippen LogP contribution in [0.2, 0.25) is 0 Å². The van der Waals surface area contributed by atoms with Crippen LogP contribution in [0.25, 0.3) is 11.3 Å². The number of hydrogen-bond acceptors (Lipinski definition) is 4. The summed E-state index contributed by atoms with van der Waals surface area (Å²) in [6.45, 7) is 5.09. The molecule has 1 aliphatic rings. The Bertz CT molecular complexity index is 538. The molecule has 3 heterocycles. The van der Waals surface area contributed by atoms with Gasteiger partial charge in [0.25, 0.3) is 0 Å². The molecule has 1 atom stereocenters. The molecule has 1 aliphatic heterocycles. The zero-order chi connectivity index (χ0) is 12.5. The molecular weight excluding hydrogens is 244 g/mol. The first-order valence-electron chi connectivity index (χ1n) is 6.50. The van der Waals surface area contributed by atoms with E-state index < -0.39 is 0 Å². The summed E-state index contributed by atoms with van der Waals surface area (Å²) in [5.74, 6) is 1.91. The maximum absolute atomic E-state index is 5.57. The van der Waals surface area contributed by atoms with Crippen LogP contribution >= 0.6 is 11.3 Å². The van der Waals surface area contributed by atoms with Crippen LogP contribution in [0.15, 0.2) is 15.9 Å². The van der Waals surface area contributed by atoms with Crippen molar-refractivity contribution in [3.8, 4) is 11.3 Å². The van der Waals surface area contributed by atoms with Crippen LogP contribution in [0.4, 0.5) is 0 Å². The van der Waals surface area contributed by atoms with Gasteiger partial charge in [0.2, 0.25) is 0 Å². The number of hydrogen-bond donors (Lipinski definition) is 1. The van der Waals surface area contributed by atoms with Gasteiger partial charge >= 0.3 is 0 Å². The smallest absolute Gasteiger partial charge is 0.110 e. The highest BCUT2D eigenvalue weighted by atomic mass is 32.1. The molecule has 2 aromatic rings. The molecule has 4 heteroatoms. The number of aryl methyl sites for hydroxylation is 2. The minimum atomic E-state index is 0.450. The quantitative estimate of drug-likeness (QED) is 0.893. The highest BCUT2D eigenvalue weighted by Crippen LogP contribution is 2.32. The Morgan fingerprint density at radius 3 is 2.94 bits per heavy atom. The van der Waals surface area contributed by atoms with Crippen LogP contribution in [0.1, 0.15) is 41.8 Å². The number of thiazole rings is 1. The summed E-state index contributed by atoms with van der Waals surface area (Å²) in [5.41, 5.74) is 2.18. The maximum Gasteiger partial charge on any atom is 0.110 e. The molecule has 1 fully saturated rings. The van der Waals surface area contributed by atoms with E-state index in [0.717, 1.165) is 29.3 Å². The molecule has 0 amide bonds. The van der Waals surface area contributed by atoms with Crippen molar-refractivity contribution < 1.29 is 4.42 Å². The second kappa shape index (κ2) is 4.86. The number of rotatable bonds is 2. The van der Waals surface area contributed by atoms with E-state index in [1.165, 1.54) is 24.3 Å². The van der Waals surface area contributed by atoms with E-state index in [0.29, 0.717) is 6.04 Å². The third-order valence-electron chi connectivity index (χ3n) is 3.45. The fourth-order valence-electron chi connectivity index (χ4n) is 2.52. The van der Waals surface area contributed by atoms with Gasteiger partial charge in [-0.1, -0.05) is 6.42 Å². The lowest BCUT2D eigenvalue weighted by Gasteiger charge is -2.21. The van der Waals surface area contributed by atoms with E-state index >= 15 is 0 Å². The minimum absolute atomic E-state index is 0.450. The average molecular weight is 262 g/mol. The van der Waals surface area contributed by atoms with E-state index in [2.05, 4.69) is 16.8 Å². The number of aromatic nitrogens is 1. The van der Waals surface area contributed by atoms with E-state index in [-0.39, 0.29) is 0 Å². The Balaban J connectivity index is 1.86. The summed E-state index contributed by atoms with van der Waals surface area (Å²) in [4.78, 5) is 4.77. The van der Waals surface area contributed by atoms with Crippen LogP contribution in [0, 0.1) is 13.8 Å². The molecule has 1 saturated heterocycles. The highest BCUT2D eigenvalue weighted by molar-refractivity contribution is 7.10. The Morgan fingerprint density at radius 1 is 1.39 bits per heavy atom. The molecule has 0 aromatic carbocycles. The first-order valence-corrected chi connectivity index (χ1v) is 7.38. The van der Waals surface area contributed by atoms with Gasteiger partial charge < -0.3 is 9.73 Å². The molecular formula is C14H18N2OS. The van der Waals surface area contributed by atoms with Gasteiger partial charge in [0.15, 0.2) is 0 Å². The summed E-state index contributed by atoms with van der Waals surface area (Å²) in [6.07, 6.45) is 3.79. The Labute approximate surface area is 111 Å². The third-order valence-corrected chi connectivity index (χ3v) is 4.41. The number of piperidine rings is 1. The topological polar surface area (TPSA) is 38.1 Å². The molecule has 0 aliphatic carbocycles. The van der Waals surface area contributed by atoms with Crippen LogP contribution < -0.4 is 5.32 Å². The average Bonchev–Trinajstić information content (AvgIpc) is 2.97. The van der Waals surface area contributed by atoms with Crippen LogP contribution in [-0.2, 0) is 0 Å². The van der Waals surface area contributed by atoms with Crippen molar-refractivity contribution in [1.82, 2.24) is 10.3 Å². The van der Waals surface area contributed by atoms with Gasteiger partial charge in [0.05, 0.1) is 11.7 Å². The normalized spacial score (nSPS) is 20.2. The van der Waals surface area contributed by atoms with Gasteiger partial charge in [-0.2, -0.15) is 0 Å². The van der Waals surface area contributed by atoms with Gasteiger partial charge in [-0.3, -0.25) is 0 Å². The molecule has 18 heavy (non-hydrogen) atoms. The summed E-state index contributed by atoms with van der Waals surface area (Å²) >= 11 is 1.75. The zero-order valence-corrected chi connectivity index (χ0v) is 11.6. The standard InChI is InChI=1S/C14H18N2OS/c1-9-7-11(10(2)17-9)13-8-18-14(16-13)12-5-3-4-6-15-12/h7-8,12,15H,3-6H2,1-2H3. The fraction of sp³-hybridized carbons (Fsp3) is 0.500. The van der Waals surface area contributed by atoms with Gasteiger partial charge in [-0.15, -0.1) is 11.3 Å². The summed E-state index contributed by atoms with van der Waals surface area (Å²) in [5, 5.41) is 6.90. The summed E-state index contributed by atoms with van der Waals surface area (Å²) in [6, 6.07) is 2.52. The number of nitrogens with one attached hydrogen (secondary N) is 1. The summed E-state index contributed by atoms with van der Waals surface area (Å²) in [7, 11) is 0. The zero-order valence-electron chi connectivity index (χ0n) is 10.8. The van der Waals surface area contributed by atoms with Crippen molar-refractivity contribution in [2.45, 2.75) is 39.2 Å². The highest BCUT2D eigenvalue weighted by Gasteiger charge is 2.19. The predicted molar refractivity (Wildman–Crippen MR) is 73.9 cm³/mol. The van der Waals surface area contributed by atoms with Crippen LogP contribution in [-0.4, -0.2) is 11.5 Å². The van der Waals surface area contributed by atoms with Crippen LogP contribution in [0.3, 0.4) is 0 Å². The molecule has 3 nitrogen and oxygen atoms in total. The fourth-order valence-corrected chi connectivity index (χ4v) is 3.45. The van der Waals surface area contributed by atoms with E-state index in [9.17, 15) is 0 Å². The second-order valence-electron chi connectivity index (χ2n) is 4.90. The maximum atomic E-state index is 5.57. The largest absolute Gasteiger partial charge is 0.466 e. The molecule has 0 saturated carbocycles. The number of furan rings is 1. The summed E-state index contributed by atoms with van der Waals surface area (Å²) < 4.78 is 5.57. The van der Waals surface area contributed by atoms with E-state index in [1.54, 1.807) is 11.3 Å². The van der Waals surface area contributed by atoms with Crippen molar-refractivity contribution in [3.63, 3.8) is 0 Å². The first kappa shape index (κ1) is 11.9. The van der Waals surface area contributed by atoms with E-state index in [4.69, 9.17) is 9.40 Å². The van der Waals surface area contributed by atoms with Gasteiger partial charge in [0.1, 0.15) is 16.5 Å². The third kappa shape index (κ3) is 2.22. The second-order valence-corrected chi connectivity index (χ2v) is 5.79. The Morgan fingerprint density at radius 2 is 2.28 bits per heavy atom. The molecule has 96 valence electrons. The Kier molecular flexibility index (Phi) is 3.22. The van der Waals surface area contributed by atoms with Crippen molar-refractivity contribution in [3.05, 3.63) is 28.0 Å². The first-order chi connectivity index (χ1) is 8.74. The van der Waals surface area contributed by atoms with E-state index in [1.807, 2.05) is 13.8 Å². The lowest BCUT2D eigenvalue weighted by Crippen LogP contribution is -2.26. The minimum Gasteiger partial charge on any atom is -0.466 e. The molecule has 3 rings (SSSR count). The van der Waals surface area contributed by atoms with Crippen molar-refractivity contribution in [2.75, 3.05) is 6.54 Å².